The third-order valence-electron chi connectivity index (χ3n) is 5.01. The highest BCUT2D eigenvalue weighted by molar-refractivity contribution is 5.79. The Hall–Kier alpha value is -0.570. The van der Waals surface area contributed by atoms with Gasteiger partial charge in [-0.1, -0.05) is 27.7 Å². The van der Waals surface area contributed by atoms with Crippen LogP contribution in [0.2, 0.25) is 0 Å². The van der Waals surface area contributed by atoms with Crippen LogP contribution >= 0.6 is 0 Å². The maximum Gasteiger partial charge on any atom is 0.223 e. The molecule has 106 valence electrons. The standard InChI is InChI=1S/C15H30N2O/c1-6-15(5,7-2)17-14(18)12-9-13(16)11(4)8-10(12)3/h10-13H,6-9,16H2,1-5H3,(H,17,18). The summed E-state index contributed by atoms with van der Waals surface area (Å²) in [6.07, 6.45) is 3.84. The molecule has 1 rings (SSSR count). The van der Waals surface area contributed by atoms with Gasteiger partial charge in [0.15, 0.2) is 0 Å². The summed E-state index contributed by atoms with van der Waals surface area (Å²) >= 11 is 0. The largest absolute Gasteiger partial charge is 0.351 e. The van der Waals surface area contributed by atoms with Crippen LogP contribution in [0.4, 0.5) is 0 Å². The van der Waals surface area contributed by atoms with E-state index in [1.165, 1.54) is 0 Å². The first-order chi connectivity index (χ1) is 8.33. The molecule has 3 nitrogen and oxygen atoms in total. The Kier molecular flexibility index (Phi) is 5.20. The molecule has 1 aliphatic rings. The molecule has 0 aromatic rings. The fourth-order valence-electron chi connectivity index (χ4n) is 2.87. The zero-order valence-corrected chi connectivity index (χ0v) is 12.6. The van der Waals surface area contributed by atoms with Gasteiger partial charge in [0.25, 0.3) is 0 Å². The normalized spacial score (nSPS) is 33.2. The van der Waals surface area contributed by atoms with E-state index in [1.807, 2.05) is 0 Å². The maximum absolute atomic E-state index is 12.4. The van der Waals surface area contributed by atoms with Crippen molar-refractivity contribution in [3.63, 3.8) is 0 Å². The molecule has 0 heterocycles. The van der Waals surface area contributed by atoms with Crippen LogP contribution in [0.15, 0.2) is 0 Å². The van der Waals surface area contributed by atoms with Gasteiger partial charge in [-0.25, -0.2) is 0 Å². The lowest BCUT2D eigenvalue weighted by Gasteiger charge is -2.38. The first-order valence-electron chi connectivity index (χ1n) is 7.40. The molecule has 0 bridgehead atoms. The molecule has 18 heavy (non-hydrogen) atoms. The van der Waals surface area contributed by atoms with E-state index in [9.17, 15) is 4.79 Å². The second kappa shape index (κ2) is 6.05. The van der Waals surface area contributed by atoms with Crippen LogP contribution in [0.25, 0.3) is 0 Å². The van der Waals surface area contributed by atoms with Crippen LogP contribution in [-0.2, 0) is 4.79 Å². The molecular formula is C15H30N2O. The monoisotopic (exact) mass is 254 g/mol. The number of nitrogens with one attached hydrogen (secondary N) is 1. The van der Waals surface area contributed by atoms with E-state index in [2.05, 4.69) is 39.9 Å². The van der Waals surface area contributed by atoms with Gasteiger partial charge in [-0.05, 0) is 44.4 Å². The van der Waals surface area contributed by atoms with Crippen molar-refractivity contribution in [3.8, 4) is 0 Å². The van der Waals surface area contributed by atoms with Crippen LogP contribution in [0, 0.1) is 17.8 Å². The second-order valence-corrected chi connectivity index (χ2v) is 6.45. The van der Waals surface area contributed by atoms with Crippen LogP contribution in [0.1, 0.15) is 60.3 Å². The highest BCUT2D eigenvalue weighted by atomic mass is 16.2. The minimum absolute atomic E-state index is 0.0655. The molecule has 0 aliphatic heterocycles. The van der Waals surface area contributed by atoms with Gasteiger partial charge < -0.3 is 11.1 Å². The molecule has 0 radical (unpaired) electrons. The van der Waals surface area contributed by atoms with E-state index in [0.29, 0.717) is 11.8 Å². The summed E-state index contributed by atoms with van der Waals surface area (Å²) in [5.41, 5.74) is 6.05. The van der Waals surface area contributed by atoms with Crippen LogP contribution < -0.4 is 11.1 Å². The number of rotatable bonds is 4. The van der Waals surface area contributed by atoms with E-state index >= 15 is 0 Å². The van der Waals surface area contributed by atoms with Crippen molar-refractivity contribution in [2.75, 3.05) is 0 Å². The Morgan fingerprint density at radius 2 is 1.78 bits per heavy atom. The zero-order chi connectivity index (χ0) is 13.9. The molecule has 3 N–H and O–H groups in total. The smallest absolute Gasteiger partial charge is 0.223 e. The molecule has 1 fully saturated rings. The van der Waals surface area contributed by atoms with Gasteiger partial charge in [-0.2, -0.15) is 0 Å². The minimum atomic E-state index is -0.0655. The Labute approximate surface area is 112 Å². The topological polar surface area (TPSA) is 55.1 Å². The summed E-state index contributed by atoms with van der Waals surface area (Å²) in [4.78, 5) is 12.4. The van der Waals surface area contributed by atoms with E-state index in [4.69, 9.17) is 5.73 Å². The molecular weight excluding hydrogens is 224 g/mol. The minimum Gasteiger partial charge on any atom is -0.351 e. The predicted octanol–water partition coefficient (Wildman–Crippen LogP) is 2.69. The van der Waals surface area contributed by atoms with Crippen molar-refractivity contribution in [2.24, 2.45) is 23.5 Å². The van der Waals surface area contributed by atoms with Gasteiger partial charge in [-0.15, -0.1) is 0 Å². The molecule has 1 amide bonds. The fraction of sp³-hybridized carbons (Fsp3) is 0.933. The highest BCUT2D eigenvalue weighted by Crippen LogP contribution is 2.33. The molecule has 0 aromatic carbocycles. The summed E-state index contributed by atoms with van der Waals surface area (Å²) in [7, 11) is 0. The summed E-state index contributed by atoms with van der Waals surface area (Å²) in [6.45, 7) is 10.8. The Balaban J connectivity index is 2.66. The molecule has 0 spiro atoms. The Morgan fingerprint density at radius 1 is 1.22 bits per heavy atom. The lowest BCUT2D eigenvalue weighted by Crippen LogP contribution is -2.51. The van der Waals surface area contributed by atoms with Gasteiger partial charge in [0.1, 0.15) is 0 Å². The van der Waals surface area contributed by atoms with E-state index in [-0.39, 0.29) is 23.4 Å². The van der Waals surface area contributed by atoms with Crippen LogP contribution in [0.3, 0.4) is 0 Å². The first kappa shape index (κ1) is 15.5. The quantitative estimate of drug-likeness (QED) is 0.810. The lowest BCUT2D eigenvalue weighted by atomic mass is 9.72. The average molecular weight is 254 g/mol. The summed E-state index contributed by atoms with van der Waals surface area (Å²) < 4.78 is 0. The van der Waals surface area contributed by atoms with Crippen LogP contribution in [-0.4, -0.2) is 17.5 Å². The molecule has 4 unspecified atom stereocenters. The number of hydrogen-bond acceptors (Lipinski definition) is 2. The van der Waals surface area contributed by atoms with Gasteiger partial charge in [-0.3, -0.25) is 4.79 Å². The van der Waals surface area contributed by atoms with Crippen molar-refractivity contribution in [3.05, 3.63) is 0 Å². The third-order valence-corrected chi connectivity index (χ3v) is 5.01. The van der Waals surface area contributed by atoms with E-state index in [0.717, 1.165) is 25.7 Å². The van der Waals surface area contributed by atoms with Gasteiger partial charge in [0, 0.05) is 17.5 Å². The molecule has 3 heteroatoms. The molecule has 4 atom stereocenters. The van der Waals surface area contributed by atoms with Gasteiger partial charge in [0.2, 0.25) is 5.91 Å². The summed E-state index contributed by atoms with van der Waals surface area (Å²) in [5, 5.41) is 3.23. The number of hydrogen-bond donors (Lipinski definition) is 2. The Bertz CT molecular complexity index is 286. The number of amides is 1. The lowest BCUT2D eigenvalue weighted by molar-refractivity contribution is -0.130. The van der Waals surface area contributed by atoms with Gasteiger partial charge in [0.05, 0.1) is 0 Å². The zero-order valence-electron chi connectivity index (χ0n) is 12.6. The van der Waals surface area contributed by atoms with E-state index in [1.54, 1.807) is 0 Å². The number of carbonyl (C=O) groups excluding carboxylic acids is 1. The van der Waals surface area contributed by atoms with Crippen molar-refractivity contribution in [1.29, 1.82) is 0 Å². The highest BCUT2D eigenvalue weighted by Gasteiger charge is 2.36. The van der Waals surface area contributed by atoms with Crippen molar-refractivity contribution in [2.45, 2.75) is 71.9 Å². The maximum atomic E-state index is 12.4. The second-order valence-electron chi connectivity index (χ2n) is 6.45. The molecule has 0 aromatic heterocycles. The molecule has 1 aliphatic carbocycles. The predicted molar refractivity (Wildman–Crippen MR) is 76.2 cm³/mol. The third kappa shape index (κ3) is 3.47. The van der Waals surface area contributed by atoms with Crippen LogP contribution in [0.5, 0.6) is 0 Å². The van der Waals surface area contributed by atoms with E-state index < -0.39 is 0 Å². The van der Waals surface area contributed by atoms with Crippen molar-refractivity contribution in [1.82, 2.24) is 5.32 Å². The SMILES string of the molecule is CCC(C)(CC)NC(=O)C1CC(N)C(C)CC1C. The molecule has 1 saturated carbocycles. The first-order valence-corrected chi connectivity index (χ1v) is 7.40. The Morgan fingerprint density at radius 3 is 2.28 bits per heavy atom. The summed E-state index contributed by atoms with van der Waals surface area (Å²) in [6, 6.07) is 0.173. The summed E-state index contributed by atoms with van der Waals surface area (Å²) in [5.74, 6) is 1.27. The van der Waals surface area contributed by atoms with Gasteiger partial charge >= 0.3 is 0 Å². The number of carbonyl (C=O) groups is 1. The number of nitrogens with two attached hydrogens (primary N) is 1. The molecule has 0 saturated heterocycles. The van der Waals surface area contributed by atoms with Crippen molar-refractivity contribution >= 4 is 5.91 Å². The average Bonchev–Trinajstić information content (AvgIpc) is 2.33. The fourth-order valence-corrected chi connectivity index (χ4v) is 2.87. The van der Waals surface area contributed by atoms with Crippen molar-refractivity contribution < 1.29 is 4.79 Å².